The van der Waals surface area contributed by atoms with Crippen LogP contribution in [0, 0.1) is 0 Å². The Morgan fingerprint density at radius 1 is 1.04 bits per heavy atom. The fraction of sp³-hybridized carbons (Fsp3) is 0.900. The fourth-order valence-corrected chi connectivity index (χ4v) is 3.22. The average molecular weight is 357 g/mol. The first-order valence-electron chi connectivity index (χ1n) is 10.2. The first-order valence-corrected chi connectivity index (χ1v) is 10.2. The zero-order chi connectivity index (χ0) is 18.3. The number of cyclic esters (lactones) is 1. The lowest BCUT2D eigenvalue weighted by Gasteiger charge is -2.27. The van der Waals surface area contributed by atoms with Crippen LogP contribution in [0.25, 0.3) is 0 Å². The third-order valence-electron chi connectivity index (χ3n) is 4.70. The Morgan fingerprint density at radius 2 is 1.60 bits per heavy atom. The molecule has 2 atom stereocenters. The Kier molecular flexibility index (Phi) is 12.4. The minimum atomic E-state index is -0.541. The molecule has 5 nitrogen and oxygen atoms in total. The Balaban J connectivity index is 1.94. The van der Waals surface area contributed by atoms with Crippen molar-refractivity contribution in [2.75, 3.05) is 6.61 Å². The highest BCUT2D eigenvalue weighted by Gasteiger charge is 2.30. The number of rotatable bonds is 14. The number of aliphatic hydroxyl groups excluding tert-OH is 1. The fourth-order valence-electron chi connectivity index (χ4n) is 3.22. The van der Waals surface area contributed by atoms with Gasteiger partial charge in [-0.25, -0.2) is 0 Å². The molecule has 0 bridgehead atoms. The predicted molar refractivity (Wildman–Crippen MR) is 97.2 cm³/mol. The first-order chi connectivity index (χ1) is 12.2. The Labute approximate surface area is 152 Å². The lowest BCUT2D eigenvalue weighted by Crippen LogP contribution is -2.37. The van der Waals surface area contributed by atoms with E-state index in [2.05, 4.69) is 6.92 Å². The van der Waals surface area contributed by atoms with E-state index in [1.165, 1.54) is 57.8 Å². The molecule has 1 aliphatic rings. The lowest BCUT2D eigenvalue weighted by atomic mass is 10.0. The van der Waals surface area contributed by atoms with Crippen LogP contribution in [0.3, 0.4) is 0 Å². The van der Waals surface area contributed by atoms with Crippen molar-refractivity contribution < 1.29 is 24.2 Å². The number of unbranched alkanes of at least 4 members (excludes halogenated alkanes) is 10. The van der Waals surface area contributed by atoms with Gasteiger partial charge in [0.05, 0.1) is 13.0 Å². The molecule has 146 valence electrons. The van der Waals surface area contributed by atoms with Crippen LogP contribution in [-0.4, -0.2) is 35.9 Å². The van der Waals surface area contributed by atoms with Crippen LogP contribution in [0.5, 0.6) is 0 Å². The minimum Gasteiger partial charge on any atom is -0.462 e. The van der Waals surface area contributed by atoms with Crippen LogP contribution < -0.4 is 0 Å². The molecule has 1 saturated heterocycles. The largest absolute Gasteiger partial charge is 0.462 e. The molecule has 0 aromatic rings. The number of hydrogen-bond acceptors (Lipinski definition) is 5. The van der Waals surface area contributed by atoms with Gasteiger partial charge < -0.3 is 14.6 Å². The van der Waals surface area contributed by atoms with Gasteiger partial charge in [-0.05, 0) is 6.42 Å². The summed E-state index contributed by atoms with van der Waals surface area (Å²) in [6.07, 6.45) is 13.6. The second-order valence-electron chi connectivity index (χ2n) is 7.13. The highest BCUT2D eigenvalue weighted by atomic mass is 16.6. The molecule has 1 heterocycles. The summed E-state index contributed by atoms with van der Waals surface area (Å²) >= 11 is 0. The molecule has 5 heteroatoms. The highest BCUT2D eigenvalue weighted by molar-refractivity contribution is 5.73. The normalized spacial score (nSPS) is 20.3. The first kappa shape index (κ1) is 21.9. The molecular formula is C20H36O5. The topological polar surface area (TPSA) is 72.8 Å². The number of aliphatic hydroxyl groups is 1. The summed E-state index contributed by atoms with van der Waals surface area (Å²) in [5.41, 5.74) is 0. The van der Waals surface area contributed by atoms with Crippen LogP contribution in [-0.2, 0) is 19.1 Å². The maximum absolute atomic E-state index is 11.8. The third-order valence-corrected chi connectivity index (χ3v) is 4.70. The molecule has 0 unspecified atom stereocenters. The number of esters is 2. The SMILES string of the molecule is CCCCCCCCCCCCCC(=O)O[C@@H]1CC(=O)O[C@@H](CO)C1. The molecule has 0 radical (unpaired) electrons. The summed E-state index contributed by atoms with van der Waals surface area (Å²) in [6, 6.07) is 0. The molecule has 0 aromatic heterocycles. The van der Waals surface area contributed by atoms with Gasteiger partial charge in [-0.15, -0.1) is 0 Å². The quantitative estimate of drug-likeness (QED) is 0.371. The van der Waals surface area contributed by atoms with Crippen molar-refractivity contribution in [2.45, 2.75) is 109 Å². The molecule has 0 spiro atoms. The predicted octanol–water partition coefficient (Wildman–Crippen LogP) is 4.30. The van der Waals surface area contributed by atoms with E-state index in [9.17, 15) is 9.59 Å². The van der Waals surface area contributed by atoms with Gasteiger partial charge in [0.1, 0.15) is 12.2 Å². The Bertz CT molecular complexity index is 369. The van der Waals surface area contributed by atoms with E-state index in [-0.39, 0.29) is 19.0 Å². The van der Waals surface area contributed by atoms with E-state index in [1.54, 1.807) is 0 Å². The van der Waals surface area contributed by atoms with E-state index in [1.807, 2.05) is 0 Å². The van der Waals surface area contributed by atoms with Crippen molar-refractivity contribution in [1.82, 2.24) is 0 Å². The van der Waals surface area contributed by atoms with E-state index >= 15 is 0 Å². The van der Waals surface area contributed by atoms with Gasteiger partial charge >= 0.3 is 11.9 Å². The highest BCUT2D eigenvalue weighted by Crippen LogP contribution is 2.19. The van der Waals surface area contributed by atoms with Crippen molar-refractivity contribution in [2.24, 2.45) is 0 Å². The molecule has 0 aromatic carbocycles. The summed E-state index contributed by atoms with van der Waals surface area (Å²) in [4.78, 5) is 23.2. The monoisotopic (exact) mass is 356 g/mol. The second kappa shape index (κ2) is 14.1. The van der Waals surface area contributed by atoms with Gasteiger partial charge in [0.25, 0.3) is 0 Å². The number of carbonyl (C=O) groups is 2. The van der Waals surface area contributed by atoms with Gasteiger partial charge in [0.2, 0.25) is 0 Å². The zero-order valence-electron chi connectivity index (χ0n) is 15.8. The van der Waals surface area contributed by atoms with Crippen molar-refractivity contribution in [3.05, 3.63) is 0 Å². The maximum Gasteiger partial charge on any atom is 0.309 e. The molecule has 0 amide bonds. The standard InChI is InChI=1S/C20H36O5/c1-2-3-4-5-6-7-8-9-10-11-12-13-19(22)24-17-14-18(16-21)25-20(23)15-17/h17-18,21H,2-16H2,1H3/t17-,18+/m0/s1. The summed E-state index contributed by atoms with van der Waals surface area (Å²) in [5, 5.41) is 9.06. The third kappa shape index (κ3) is 11.2. The second-order valence-corrected chi connectivity index (χ2v) is 7.13. The molecule has 25 heavy (non-hydrogen) atoms. The minimum absolute atomic E-state index is 0.0977. The lowest BCUT2D eigenvalue weighted by molar-refractivity contribution is -0.171. The van der Waals surface area contributed by atoms with Gasteiger partial charge in [0.15, 0.2) is 0 Å². The van der Waals surface area contributed by atoms with E-state index < -0.39 is 18.2 Å². The molecule has 1 rings (SSSR count). The Hall–Kier alpha value is -1.10. The Morgan fingerprint density at radius 3 is 2.16 bits per heavy atom. The van der Waals surface area contributed by atoms with Crippen molar-refractivity contribution in [3.63, 3.8) is 0 Å². The van der Waals surface area contributed by atoms with Gasteiger partial charge in [-0.1, -0.05) is 71.1 Å². The summed E-state index contributed by atoms with van der Waals surface area (Å²) in [5.74, 6) is -0.648. The number of carbonyl (C=O) groups excluding carboxylic acids is 2. The summed E-state index contributed by atoms with van der Waals surface area (Å²) in [6.45, 7) is 2.02. The number of ether oxygens (including phenoxy) is 2. The van der Waals surface area contributed by atoms with Crippen LogP contribution >= 0.6 is 0 Å². The summed E-state index contributed by atoms with van der Waals surface area (Å²) < 4.78 is 10.3. The van der Waals surface area contributed by atoms with Crippen LogP contribution in [0.1, 0.15) is 96.8 Å². The van der Waals surface area contributed by atoms with E-state index in [0.29, 0.717) is 12.8 Å². The molecule has 1 fully saturated rings. The maximum atomic E-state index is 11.8. The van der Waals surface area contributed by atoms with Gasteiger partial charge in [-0.2, -0.15) is 0 Å². The smallest absolute Gasteiger partial charge is 0.309 e. The molecule has 0 aliphatic carbocycles. The van der Waals surface area contributed by atoms with Crippen molar-refractivity contribution >= 4 is 11.9 Å². The zero-order valence-corrected chi connectivity index (χ0v) is 15.8. The van der Waals surface area contributed by atoms with Gasteiger partial charge in [-0.3, -0.25) is 9.59 Å². The van der Waals surface area contributed by atoms with Crippen molar-refractivity contribution in [3.8, 4) is 0 Å². The average Bonchev–Trinajstić information content (AvgIpc) is 2.59. The van der Waals surface area contributed by atoms with Crippen molar-refractivity contribution in [1.29, 1.82) is 0 Å². The van der Waals surface area contributed by atoms with Crippen LogP contribution in [0.15, 0.2) is 0 Å². The summed E-state index contributed by atoms with van der Waals surface area (Å²) in [7, 11) is 0. The molecule has 1 N–H and O–H groups in total. The number of hydrogen-bond donors (Lipinski definition) is 1. The molecule has 1 aliphatic heterocycles. The molecular weight excluding hydrogens is 320 g/mol. The van der Waals surface area contributed by atoms with E-state index in [4.69, 9.17) is 14.6 Å². The van der Waals surface area contributed by atoms with Crippen LogP contribution in [0.4, 0.5) is 0 Å². The van der Waals surface area contributed by atoms with Crippen LogP contribution in [0.2, 0.25) is 0 Å². The molecule has 0 saturated carbocycles. The van der Waals surface area contributed by atoms with Gasteiger partial charge in [0, 0.05) is 12.8 Å². The van der Waals surface area contributed by atoms with E-state index in [0.717, 1.165) is 12.8 Å².